The standard InChI is InChI=1S/C14H17NO4/c16-13-7-6-12(8-9-18-13)15-14(17)19-10-11-4-2-1-3-5-11/h1-5,12H,6-10H2,(H,15,17). The van der Waals surface area contributed by atoms with E-state index in [2.05, 4.69) is 5.32 Å². The molecule has 1 unspecified atom stereocenters. The number of nitrogens with one attached hydrogen (secondary N) is 1. The molecule has 1 aromatic carbocycles. The van der Waals surface area contributed by atoms with Gasteiger partial charge in [0.15, 0.2) is 0 Å². The summed E-state index contributed by atoms with van der Waals surface area (Å²) in [5, 5.41) is 2.76. The van der Waals surface area contributed by atoms with Crippen molar-refractivity contribution in [3.05, 3.63) is 35.9 Å². The van der Waals surface area contributed by atoms with Gasteiger partial charge in [-0.2, -0.15) is 0 Å². The number of carbonyl (C=O) groups excluding carboxylic acids is 2. The van der Waals surface area contributed by atoms with Crippen LogP contribution in [-0.4, -0.2) is 24.7 Å². The fourth-order valence-corrected chi connectivity index (χ4v) is 1.90. The van der Waals surface area contributed by atoms with Crippen molar-refractivity contribution in [1.29, 1.82) is 0 Å². The number of hydrogen-bond acceptors (Lipinski definition) is 4. The largest absolute Gasteiger partial charge is 0.466 e. The zero-order valence-corrected chi connectivity index (χ0v) is 10.6. The van der Waals surface area contributed by atoms with Crippen LogP contribution in [-0.2, 0) is 20.9 Å². The lowest BCUT2D eigenvalue weighted by Crippen LogP contribution is -2.35. The van der Waals surface area contributed by atoms with E-state index in [0.29, 0.717) is 25.9 Å². The quantitative estimate of drug-likeness (QED) is 0.847. The number of carbonyl (C=O) groups is 2. The van der Waals surface area contributed by atoms with Gasteiger partial charge in [0.2, 0.25) is 0 Å². The van der Waals surface area contributed by atoms with Crippen LogP contribution < -0.4 is 5.32 Å². The summed E-state index contributed by atoms with van der Waals surface area (Å²) in [6.07, 6.45) is 1.11. The van der Waals surface area contributed by atoms with Gasteiger partial charge < -0.3 is 14.8 Å². The van der Waals surface area contributed by atoms with Crippen molar-refractivity contribution < 1.29 is 19.1 Å². The number of cyclic esters (lactones) is 1. The fraction of sp³-hybridized carbons (Fsp3) is 0.429. The van der Waals surface area contributed by atoms with Gasteiger partial charge in [0.05, 0.1) is 6.61 Å². The molecule has 102 valence electrons. The highest BCUT2D eigenvalue weighted by atomic mass is 16.5. The van der Waals surface area contributed by atoms with E-state index in [0.717, 1.165) is 5.56 Å². The van der Waals surface area contributed by atoms with Crippen molar-refractivity contribution in [3.63, 3.8) is 0 Å². The van der Waals surface area contributed by atoms with Crippen molar-refractivity contribution in [2.75, 3.05) is 6.61 Å². The minimum absolute atomic E-state index is 0.0604. The van der Waals surface area contributed by atoms with Crippen LogP contribution >= 0.6 is 0 Å². The molecule has 1 N–H and O–H groups in total. The van der Waals surface area contributed by atoms with Crippen LogP contribution in [0, 0.1) is 0 Å². The highest BCUT2D eigenvalue weighted by molar-refractivity contribution is 5.70. The van der Waals surface area contributed by atoms with E-state index in [4.69, 9.17) is 9.47 Å². The van der Waals surface area contributed by atoms with Crippen LogP contribution in [0.2, 0.25) is 0 Å². The van der Waals surface area contributed by atoms with Gasteiger partial charge in [-0.3, -0.25) is 4.79 Å². The van der Waals surface area contributed by atoms with Crippen LogP contribution in [0.5, 0.6) is 0 Å². The Morgan fingerprint density at radius 2 is 2.11 bits per heavy atom. The molecule has 2 rings (SSSR count). The number of benzene rings is 1. The summed E-state index contributed by atoms with van der Waals surface area (Å²) < 4.78 is 10.0. The number of hydrogen-bond donors (Lipinski definition) is 1. The number of rotatable bonds is 3. The first kappa shape index (κ1) is 13.4. The first-order valence-corrected chi connectivity index (χ1v) is 6.37. The SMILES string of the molecule is O=C1CCC(NC(=O)OCc2ccccc2)CCO1. The molecule has 1 fully saturated rings. The van der Waals surface area contributed by atoms with Gasteiger partial charge in [-0.25, -0.2) is 4.79 Å². The molecule has 0 saturated carbocycles. The van der Waals surface area contributed by atoms with Gasteiger partial charge in [-0.05, 0) is 12.0 Å². The molecular weight excluding hydrogens is 246 g/mol. The second-order valence-corrected chi connectivity index (χ2v) is 4.45. The molecule has 0 spiro atoms. The maximum Gasteiger partial charge on any atom is 0.407 e. The van der Waals surface area contributed by atoms with Crippen LogP contribution in [0.4, 0.5) is 4.79 Å². The van der Waals surface area contributed by atoms with E-state index in [1.165, 1.54) is 0 Å². The van der Waals surface area contributed by atoms with E-state index in [9.17, 15) is 9.59 Å². The smallest absolute Gasteiger partial charge is 0.407 e. The number of alkyl carbamates (subject to hydrolysis) is 1. The zero-order valence-electron chi connectivity index (χ0n) is 10.6. The summed E-state index contributed by atoms with van der Waals surface area (Å²) in [6, 6.07) is 9.42. The second-order valence-electron chi connectivity index (χ2n) is 4.45. The molecule has 1 saturated heterocycles. The van der Waals surface area contributed by atoms with Gasteiger partial charge >= 0.3 is 12.1 Å². The summed E-state index contributed by atoms with van der Waals surface area (Å²) in [5.41, 5.74) is 0.942. The lowest BCUT2D eigenvalue weighted by atomic mass is 10.1. The Morgan fingerprint density at radius 1 is 1.32 bits per heavy atom. The molecule has 0 radical (unpaired) electrons. The molecule has 19 heavy (non-hydrogen) atoms. The van der Waals surface area contributed by atoms with Crippen molar-refractivity contribution in [3.8, 4) is 0 Å². The summed E-state index contributed by atoms with van der Waals surface area (Å²) in [4.78, 5) is 22.7. The molecule has 0 aromatic heterocycles. The summed E-state index contributed by atoms with van der Waals surface area (Å²) in [5.74, 6) is -0.207. The average Bonchev–Trinajstić information content (AvgIpc) is 2.63. The Kier molecular flexibility index (Phi) is 4.78. The lowest BCUT2D eigenvalue weighted by Gasteiger charge is -2.14. The van der Waals surface area contributed by atoms with Crippen LogP contribution in [0.25, 0.3) is 0 Å². The van der Waals surface area contributed by atoms with Gasteiger partial charge in [0, 0.05) is 18.9 Å². The van der Waals surface area contributed by atoms with Gasteiger partial charge in [-0.1, -0.05) is 30.3 Å². The third-order valence-corrected chi connectivity index (χ3v) is 2.96. The monoisotopic (exact) mass is 263 g/mol. The Balaban J connectivity index is 1.73. The summed E-state index contributed by atoms with van der Waals surface area (Å²) >= 11 is 0. The Morgan fingerprint density at radius 3 is 2.89 bits per heavy atom. The normalized spacial score (nSPS) is 19.2. The maximum atomic E-state index is 11.6. The maximum absolute atomic E-state index is 11.6. The molecule has 1 heterocycles. The van der Waals surface area contributed by atoms with Gasteiger partial charge in [0.1, 0.15) is 6.61 Å². The number of amides is 1. The Bertz CT molecular complexity index is 432. The molecule has 1 aliphatic rings. The molecule has 0 aliphatic carbocycles. The predicted octanol–water partition coefficient (Wildman–Crippen LogP) is 2.01. The number of esters is 1. The Hall–Kier alpha value is -2.04. The molecule has 1 atom stereocenters. The van der Waals surface area contributed by atoms with Crippen LogP contribution in [0.3, 0.4) is 0 Å². The van der Waals surface area contributed by atoms with Crippen LogP contribution in [0.15, 0.2) is 30.3 Å². The molecule has 1 aromatic rings. The first-order valence-electron chi connectivity index (χ1n) is 6.37. The number of ether oxygens (including phenoxy) is 2. The third kappa shape index (κ3) is 4.62. The third-order valence-electron chi connectivity index (χ3n) is 2.96. The lowest BCUT2D eigenvalue weighted by molar-refractivity contribution is -0.142. The highest BCUT2D eigenvalue weighted by Crippen LogP contribution is 2.09. The molecule has 5 nitrogen and oxygen atoms in total. The van der Waals surface area contributed by atoms with E-state index >= 15 is 0 Å². The van der Waals surface area contributed by atoms with Crippen molar-refractivity contribution in [1.82, 2.24) is 5.32 Å². The minimum Gasteiger partial charge on any atom is -0.466 e. The van der Waals surface area contributed by atoms with E-state index in [-0.39, 0.29) is 18.6 Å². The van der Waals surface area contributed by atoms with Crippen molar-refractivity contribution in [2.45, 2.75) is 31.9 Å². The summed E-state index contributed by atoms with van der Waals surface area (Å²) in [7, 11) is 0. The zero-order chi connectivity index (χ0) is 13.5. The first-order chi connectivity index (χ1) is 9.24. The molecular formula is C14H17NO4. The fourth-order valence-electron chi connectivity index (χ4n) is 1.90. The summed E-state index contributed by atoms with van der Waals surface area (Å²) in [6.45, 7) is 0.595. The van der Waals surface area contributed by atoms with Crippen molar-refractivity contribution in [2.24, 2.45) is 0 Å². The minimum atomic E-state index is -0.455. The Labute approximate surface area is 111 Å². The second kappa shape index (κ2) is 6.78. The highest BCUT2D eigenvalue weighted by Gasteiger charge is 2.19. The predicted molar refractivity (Wildman–Crippen MR) is 68.4 cm³/mol. The molecule has 0 bridgehead atoms. The van der Waals surface area contributed by atoms with Gasteiger partial charge in [0.25, 0.3) is 0 Å². The van der Waals surface area contributed by atoms with Gasteiger partial charge in [-0.15, -0.1) is 0 Å². The van der Waals surface area contributed by atoms with E-state index in [1.807, 2.05) is 30.3 Å². The average molecular weight is 263 g/mol. The molecule has 1 amide bonds. The molecule has 1 aliphatic heterocycles. The van der Waals surface area contributed by atoms with Crippen molar-refractivity contribution >= 4 is 12.1 Å². The molecule has 5 heteroatoms. The van der Waals surface area contributed by atoms with E-state index in [1.54, 1.807) is 0 Å². The van der Waals surface area contributed by atoms with Crippen LogP contribution in [0.1, 0.15) is 24.8 Å². The topological polar surface area (TPSA) is 64.6 Å². The van der Waals surface area contributed by atoms with E-state index < -0.39 is 6.09 Å².